The lowest BCUT2D eigenvalue weighted by molar-refractivity contribution is -0.150. The van der Waals surface area contributed by atoms with E-state index in [0.29, 0.717) is 5.39 Å². The number of hydrogen-bond donors (Lipinski definition) is 2. The van der Waals surface area contributed by atoms with Crippen LogP contribution in [0.25, 0.3) is 27.1 Å². The molecule has 0 aliphatic carbocycles. The first-order valence-electron chi connectivity index (χ1n) is 7.71. The van der Waals surface area contributed by atoms with Crippen molar-refractivity contribution in [3.8, 4) is 11.3 Å². The van der Waals surface area contributed by atoms with Gasteiger partial charge in [-0.1, -0.05) is 12.1 Å². The van der Waals surface area contributed by atoms with Gasteiger partial charge in [-0.25, -0.2) is 14.6 Å². The third kappa shape index (κ3) is 3.64. The second-order valence-electron chi connectivity index (χ2n) is 5.60. The Balaban J connectivity index is 2.05. The van der Waals surface area contributed by atoms with Crippen LogP contribution < -0.4 is 5.32 Å². The molecule has 10 heteroatoms. The number of hydrogen-bond acceptors (Lipinski definition) is 4. The van der Waals surface area contributed by atoms with Gasteiger partial charge in [-0.3, -0.25) is 4.79 Å². The highest BCUT2D eigenvalue weighted by molar-refractivity contribution is 6.37. The van der Waals surface area contributed by atoms with E-state index in [2.05, 4.69) is 24.9 Å². The fourth-order valence-corrected chi connectivity index (χ4v) is 2.55. The van der Waals surface area contributed by atoms with Crippen LogP contribution in [0.3, 0.4) is 0 Å². The maximum absolute atomic E-state index is 13.3. The number of nitrogens with one attached hydrogen (secondary N) is 2. The number of pyridine rings is 1. The van der Waals surface area contributed by atoms with E-state index in [1.807, 2.05) is 0 Å². The molecule has 1 amide bonds. The number of halogens is 3. The fraction of sp³-hybridized carbons (Fsp3) is 0.111. The van der Waals surface area contributed by atoms with Crippen molar-refractivity contribution < 1.29 is 27.5 Å². The van der Waals surface area contributed by atoms with E-state index in [9.17, 15) is 22.8 Å². The van der Waals surface area contributed by atoms with Gasteiger partial charge in [0.25, 0.3) is 0 Å². The van der Waals surface area contributed by atoms with Crippen LogP contribution in [0.2, 0.25) is 0 Å². The molecule has 0 unspecified atom stereocenters. The van der Waals surface area contributed by atoms with Crippen LogP contribution in [0.15, 0.2) is 36.4 Å². The van der Waals surface area contributed by atoms with Crippen LogP contribution in [0.5, 0.6) is 0 Å². The number of aromatic amines is 1. The van der Waals surface area contributed by atoms with Crippen molar-refractivity contribution in [1.82, 2.24) is 9.97 Å². The highest BCUT2D eigenvalue weighted by Gasteiger charge is 2.34. The SMILES string of the molecule is [C-]#[N+]c1ccc(C(F)(F)F)c(-c2cc3ccc(NC(=O)C(=O)OC)nc3[nH]2)c1. The molecule has 0 saturated heterocycles. The molecular formula is C18H11F3N4O3. The standard InChI is InChI=1S/C18H11F3N4O3/c1-22-10-4-5-12(18(19,20)21)11(8-10)13-7-9-3-6-14(24-15(9)23-13)25-16(26)17(27)28-2/h3-8H,2H3,(H2,23,24,25,26). The zero-order valence-corrected chi connectivity index (χ0v) is 14.2. The van der Waals surface area contributed by atoms with Gasteiger partial charge in [-0.15, -0.1) is 0 Å². The average Bonchev–Trinajstić information content (AvgIpc) is 3.09. The Bertz CT molecular complexity index is 1130. The fourth-order valence-electron chi connectivity index (χ4n) is 2.55. The summed E-state index contributed by atoms with van der Waals surface area (Å²) in [6.07, 6.45) is -4.61. The molecule has 0 spiro atoms. The molecule has 0 bridgehead atoms. The van der Waals surface area contributed by atoms with Gasteiger partial charge >= 0.3 is 18.1 Å². The van der Waals surface area contributed by atoms with Gasteiger partial charge in [-0.2, -0.15) is 13.2 Å². The molecule has 3 rings (SSSR count). The van der Waals surface area contributed by atoms with E-state index in [1.54, 1.807) is 0 Å². The van der Waals surface area contributed by atoms with Crippen molar-refractivity contribution in [1.29, 1.82) is 0 Å². The summed E-state index contributed by atoms with van der Waals surface area (Å²) in [4.78, 5) is 32.7. The molecule has 142 valence electrons. The molecule has 2 heterocycles. The van der Waals surface area contributed by atoms with Crippen molar-refractivity contribution in [2.45, 2.75) is 6.18 Å². The molecule has 2 N–H and O–H groups in total. The topological polar surface area (TPSA) is 88.4 Å². The molecule has 0 aliphatic rings. The Kier molecular flexibility index (Phi) is 4.75. The van der Waals surface area contributed by atoms with Gasteiger partial charge in [0.05, 0.1) is 19.2 Å². The predicted octanol–water partition coefficient (Wildman–Crippen LogP) is 3.91. The number of H-pyrrole nitrogens is 1. The summed E-state index contributed by atoms with van der Waals surface area (Å²) in [6, 6.07) is 7.44. The normalized spacial score (nSPS) is 11.1. The van der Waals surface area contributed by atoms with Gasteiger partial charge in [0, 0.05) is 11.1 Å². The summed E-state index contributed by atoms with van der Waals surface area (Å²) in [7, 11) is 1.05. The number of ether oxygens (including phenoxy) is 1. The highest BCUT2D eigenvalue weighted by atomic mass is 19.4. The first-order valence-corrected chi connectivity index (χ1v) is 7.71. The van der Waals surface area contributed by atoms with Crippen molar-refractivity contribution in [2.75, 3.05) is 12.4 Å². The lowest BCUT2D eigenvalue weighted by Crippen LogP contribution is -2.24. The number of anilines is 1. The number of benzene rings is 1. The third-order valence-electron chi connectivity index (χ3n) is 3.82. The smallest absolute Gasteiger partial charge is 0.416 e. The van der Waals surface area contributed by atoms with Gasteiger partial charge < -0.3 is 15.0 Å². The maximum atomic E-state index is 13.3. The molecule has 28 heavy (non-hydrogen) atoms. The van der Waals surface area contributed by atoms with Crippen LogP contribution in [0.1, 0.15) is 5.56 Å². The van der Waals surface area contributed by atoms with Crippen molar-refractivity contribution in [3.05, 3.63) is 53.4 Å². The van der Waals surface area contributed by atoms with Crippen LogP contribution in [0.4, 0.5) is 24.7 Å². The highest BCUT2D eigenvalue weighted by Crippen LogP contribution is 2.39. The summed E-state index contributed by atoms with van der Waals surface area (Å²) in [6.45, 7) is 7.02. The molecule has 0 atom stereocenters. The summed E-state index contributed by atoms with van der Waals surface area (Å²) in [5.41, 5.74) is -0.735. The molecule has 0 fully saturated rings. The monoisotopic (exact) mass is 388 g/mol. The second-order valence-corrected chi connectivity index (χ2v) is 5.60. The van der Waals surface area contributed by atoms with E-state index < -0.39 is 23.6 Å². The van der Waals surface area contributed by atoms with Crippen LogP contribution in [-0.4, -0.2) is 29.0 Å². The number of aromatic nitrogens is 2. The van der Waals surface area contributed by atoms with E-state index in [4.69, 9.17) is 6.57 Å². The second kappa shape index (κ2) is 7.03. The number of nitrogens with zero attached hydrogens (tertiary/aromatic N) is 2. The Morgan fingerprint density at radius 1 is 1.21 bits per heavy atom. The minimum Gasteiger partial charge on any atom is -0.462 e. The first kappa shape index (κ1) is 18.9. The number of rotatable bonds is 2. The predicted molar refractivity (Wildman–Crippen MR) is 93.4 cm³/mol. The molecule has 7 nitrogen and oxygen atoms in total. The van der Waals surface area contributed by atoms with Gasteiger partial charge in [0.15, 0.2) is 5.69 Å². The third-order valence-corrected chi connectivity index (χ3v) is 3.82. The molecule has 2 aromatic heterocycles. The van der Waals surface area contributed by atoms with Crippen molar-refractivity contribution in [3.63, 3.8) is 0 Å². The van der Waals surface area contributed by atoms with Gasteiger partial charge in [-0.05, 0) is 29.8 Å². The summed E-state index contributed by atoms with van der Waals surface area (Å²) < 4.78 is 44.3. The van der Waals surface area contributed by atoms with Crippen LogP contribution >= 0.6 is 0 Å². The zero-order valence-electron chi connectivity index (χ0n) is 14.2. The summed E-state index contributed by atoms with van der Waals surface area (Å²) in [5.74, 6) is -2.13. The summed E-state index contributed by atoms with van der Waals surface area (Å²) >= 11 is 0. The number of carbonyl (C=O) groups excluding carboxylic acids is 2. The minimum absolute atomic E-state index is 0.0160. The van der Waals surface area contributed by atoms with Crippen LogP contribution in [0, 0.1) is 6.57 Å². The Morgan fingerprint density at radius 3 is 2.61 bits per heavy atom. The quantitative estimate of drug-likeness (QED) is 0.396. The molecule has 0 aliphatic heterocycles. The number of amides is 1. The van der Waals surface area contributed by atoms with E-state index in [1.165, 1.54) is 18.2 Å². The molecule has 0 radical (unpaired) electrons. The van der Waals surface area contributed by atoms with E-state index in [0.717, 1.165) is 25.3 Å². The van der Waals surface area contributed by atoms with Crippen molar-refractivity contribution >= 4 is 34.4 Å². The van der Waals surface area contributed by atoms with Gasteiger partial charge in [0.2, 0.25) is 0 Å². The summed E-state index contributed by atoms with van der Waals surface area (Å²) in [5, 5.41) is 2.70. The number of methoxy groups -OCH3 is 1. The van der Waals surface area contributed by atoms with Crippen LogP contribution in [-0.2, 0) is 20.5 Å². The minimum atomic E-state index is -4.61. The lowest BCUT2D eigenvalue weighted by Gasteiger charge is -2.12. The molecular weight excluding hydrogens is 377 g/mol. The Hall–Kier alpha value is -3.87. The van der Waals surface area contributed by atoms with Crippen molar-refractivity contribution in [2.24, 2.45) is 0 Å². The molecule has 1 aromatic carbocycles. The number of alkyl halides is 3. The van der Waals surface area contributed by atoms with Gasteiger partial charge in [0.1, 0.15) is 11.5 Å². The maximum Gasteiger partial charge on any atom is 0.416 e. The largest absolute Gasteiger partial charge is 0.462 e. The molecule has 3 aromatic rings. The Morgan fingerprint density at radius 2 is 1.96 bits per heavy atom. The number of carbonyl (C=O) groups is 2. The number of esters is 1. The average molecular weight is 388 g/mol. The Labute approximate surface area is 156 Å². The first-order chi connectivity index (χ1) is 13.2. The number of fused-ring (bicyclic) bond motifs is 1. The zero-order chi connectivity index (χ0) is 20.5. The van der Waals surface area contributed by atoms with E-state index in [-0.39, 0.29) is 28.4 Å². The molecule has 0 saturated carbocycles. The van der Waals surface area contributed by atoms with E-state index >= 15 is 0 Å². The lowest BCUT2D eigenvalue weighted by atomic mass is 10.0.